The lowest BCUT2D eigenvalue weighted by Gasteiger charge is -2.19. The van der Waals surface area contributed by atoms with Gasteiger partial charge in [0.1, 0.15) is 6.54 Å². The van der Waals surface area contributed by atoms with Crippen LogP contribution in [0.1, 0.15) is 32.1 Å². The van der Waals surface area contributed by atoms with E-state index < -0.39 is 5.97 Å². The molecule has 1 aliphatic carbocycles. The maximum Gasteiger partial charge on any atom is 0.323 e. The van der Waals surface area contributed by atoms with Crippen LogP contribution in [0.3, 0.4) is 0 Å². The molecule has 0 saturated heterocycles. The van der Waals surface area contributed by atoms with Crippen molar-refractivity contribution < 1.29 is 14.7 Å². The van der Waals surface area contributed by atoms with E-state index in [9.17, 15) is 9.59 Å². The Morgan fingerprint density at radius 1 is 1.38 bits per heavy atom. The first-order chi connectivity index (χ1) is 7.63. The lowest BCUT2D eigenvalue weighted by molar-refractivity contribution is -0.144. The van der Waals surface area contributed by atoms with Gasteiger partial charge < -0.3 is 10.0 Å². The Morgan fingerprint density at radius 3 is 2.50 bits per heavy atom. The molecular weight excluding hydrogens is 206 g/mol. The maximum absolute atomic E-state index is 11.8. The Kier molecular flexibility index (Phi) is 4.84. The van der Waals surface area contributed by atoms with Crippen molar-refractivity contribution in [3.05, 3.63) is 0 Å². The molecule has 1 fully saturated rings. The fourth-order valence-electron chi connectivity index (χ4n) is 2.10. The second-order valence-electron chi connectivity index (χ2n) is 4.20. The van der Waals surface area contributed by atoms with Crippen molar-refractivity contribution in [1.82, 2.24) is 4.90 Å². The van der Waals surface area contributed by atoms with Gasteiger partial charge in [-0.25, -0.2) is 0 Å². The first-order valence-electron chi connectivity index (χ1n) is 5.56. The van der Waals surface area contributed by atoms with E-state index in [1.165, 1.54) is 17.7 Å². The highest BCUT2D eigenvalue weighted by Gasteiger charge is 2.22. The molecule has 0 aliphatic heterocycles. The first kappa shape index (κ1) is 12.6. The third-order valence-electron chi connectivity index (χ3n) is 2.90. The van der Waals surface area contributed by atoms with Gasteiger partial charge in [-0.15, -0.1) is 6.42 Å². The summed E-state index contributed by atoms with van der Waals surface area (Å²) in [6.45, 7) is -0.215. The van der Waals surface area contributed by atoms with Crippen molar-refractivity contribution in [1.29, 1.82) is 0 Å². The van der Waals surface area contributed by atoms with Gasteiger partial charge in [0, 0.05) is 6.42 Å². The molecule has 4 heteroatoms. The Hall–Kier alpha value is -1.50. The second-order valence-corrected chi connectivity index (χ2v) is 4.20. The van der Waals surface area contributed by atoms with E-state index in [1.54, 1.807) is 0 Å². The van der Waals surface area contributed by atoms with Crippen LogP contribution in [0.25, 0.3) is 0 Å². The Labute approximate surface area is 95.6 Å². The molecular formula is C12H17NO3. The molecule has 1 rings (SSSR count). The van der Waals surface area contributed by atoms with Crippen molar-refractivity contribution in [2.45, 2.75) is 32.1 Å². The Bertz CT molecular complexity index is 300. The summed E-state index contributed by atoms with van der Waals surface area (Å²) in [5.74, 6) is 1.59. The number of rotatable bonds is 5. The van der Waals surface area contributed by atoms with Crippen LogP contribution in [0.4, 0.5) is 0 Å². The van der Waals surface area contributed by atoms with Crippen molar-refractivity contribution >= 4 is 11.9 Å². The van der Waals surface area contributed by atoms with Gasteiger partial charge in [0.2, 0.25) is 5.91 Å². The van der Waals surface area contributed by atoms with Crippen molar-refractivity contribution in [2.75, 3.05) is 13.1 Å². The van der Waals surface area contributed by atoms with E-state index >= 15 is 0 Å². The molecule has 0 aromatic carbocycles. The molecule has 0 bridgehead atoms. The van der Waals surface area contributed by atoms with Gasteiger partial charge in [-0.3, -0.25) is 9.59 Å². The molecule has 0 radical (unpaired) electrons. The number of carboxylic acids is 1. The Morgan fingerprint density at radius 2 is 2.00 bits per heavy atom. The number of carboxylic acid groups (broad SMARTS) is 1. The van der Waals surface area contributed by atoms with Gasteiger partial charge >= 0.3 is 5.97 Å². The van der Waals surface area contributed by atoms with Crippen LogP contribution in [-0.2, 0) is 9.59 Å². The SMILES string of the molecule is C#CCN(CC(=O)O)C(=O)CC1CCCC1. The number of carbonyl (C=O) groups is 2. The average Bonchev–Trinajstić information content (AvgIpc) is 2.69. The molecule has 0 atom stereocenters. The summed E-state index contributed by atoms with van der Waals surface area (Å²) in [5, 5.41) is 8.66. The topological polar surface area (TPSA) is 57.6 Å². The smallest absolute Gasteiger partial charge is 0.323 e. The fourth-order valence-corrected chi connectivity index (χ4v) is 2.10. The number of terminal acetylenes is 1. The maximum atomic E-state index is 11.8. The van der Waals surface area contributed by atoms with Gasteiger partial charge in [-0.2, -0.15) is 0 Å². The highest BCUT2D eigenvalue weighted by atomic mass is 16.4. The van der Waals surface area contributed by atoms with E-state index in [-0.39, 0.29) is 19.0 Å². The number of nitrogens with zero attached hydrogens (tertiary/aromatic N) is 1. The second kappa shape index (κ2) is 6.16. The molecule has 1 aliphatic rings. The van der Waals surface area contributed by atoms with Crippen LogP contribution in [0.5, 0.6) is 0 Å². The Balaban J connectivity index is 2.46. The largest absolute Gasteiger partial charge is 0.480 e. The minimum atomic E-state index is -1.02. The number of carbonyl (C=O) groups excluding carboxylic acids is 1. The molecule has 4 nitrogen and oxygen atoms in total. The quantitative estimate of drug-likeness (QED) is 0.710. The summed E-state index contributed by atoms with van der Waals surface area (Å²) in [5.41, 5.74) is 0. The van der Waals surface area contributed by atoms with Gasteiger partial charge in [0.25, 0.3) is 0 Å². The monoisotopic (exact) mass is 223 g/mol. The molecule has 0 aromatic rings. The van der Waals surface area contributed by atoms with Crippen LogP contribution in [0.15, 0.2) is 0 Å². The predicted molar refractivity (Wildman–Crippen MR) is 59.6 cm³/mol. The average molecular weight is 223 g/mol. The number of aliphatic carboxylic acids is 1. The van der Waals surface area contributed by atoms with E-state index in [1.807, 2.05) is 0 Å². The third kappa shape index (κ3) is 3.93. The molecule has 88 valence electrons. The van der Waals surface area contributed by atoms with Gasteiger partial charge in [0.15, 0.2) is 0 Å². The van der Waals surface area contributed by atoms with Gasteiger partial charge in [-0.1, -0.05) is 18.8 Å². The minimum absolute atomic E-state index is 0.0812. The molecule has 0 heterocycles. The van der Waals surface area contributed by atoms with E-state index in [2.05, 4.69) is 5.92 Å². The molecule has 0 spiro atoms. The normalized spacial score (nSPS) is 15.7. The van der Waals surface area contributed by atoms with Crippen molar-refractivity contribution in [2.24, 2.45) is 5.92 Å². The van der Waals surface area contributed by atoms with E-state index in [0.717, 1.165) is 12.8 Å². The summed E-state index contributed by atoms with van der Waals surface area (Å²) < 4.78 is 0. The van der Waals surface area contributed by atoms with Gasteiger partial charge in [0.05, 0.1) is 6.54 Å². The highest BCUT2D eigenvalue weighted by Crippen LogP contribution is 2.27. The van der Waals surface area contributed by atoms with E-state index in [0.29, 0.717) is 12.3 Å². The zero-order valence-corrected chi connectivity index (χ0v) is 9.32. The molecule has 1 N–H and O–H groups in total. The van der Waals surface area contributed by atoms with Crippen molar-refractivity contribution in [3.8, 4) is 12.3 Å². The van der Waals surface area contributed by atoms with Crippen molar-refractivity contribution in [3.63, 3.8) is 0 Å². The molecule has 16 heavy (non-hydrogen) atoms. The number of amides is 1. The zero-order valence-electron chi connectivity index (χ0n) is 9.32. The first-order valence-corrected chi connectivity index (χ1v) is 5.56. The minimum Gasteiger partial charge on any atom is -0.480 e. The number of hydrogen-bond acceptors (Lipinski definition) is 2. The summed E-state index contributed by atoms with van der Waals surface area (Å²) in [6.07, 6.45) is 10.0. The standard InChI is InChI=1S/C12H17NO3/c1-2-7-13(9-12(15)16)11(14)8-10-5-3-4-6-10/h1,10H,3-9H2,(H,15,16). The van der Waals surface area contributed by atoms with Crippen LogP contribution in [0, 0.1) is 18.3 Å². The lowest BCUT2D eigenvalue weighted by Crippen LogP contribution is -2.36. The highest BCUT2D eigenvalue weighted by molar-refractivity contribution is 5.81. The van der Waals surface area contributed by atoms with Crippen LogP contribution >= 0.6 is 0 Å². The van der Waals surface area contributed by atoms with Crippen LogP contribution in [0.2, 0.25) is 0 Å². The molecule has 0 aromatic heterocycles. The fraction of sp³-hybridized carbons (Fsp3) is 0.667. The molecule has 1 saturated carbocycles. The van der Waals surface area contributed by atoms with E-state index in [4.69, 9.17) is 11.5 Å². The number of hydrogen-bond donors (Lipinski definition) is 1. The molecule has 1 amide bonds. The molecule has 0 unspecified atom stereocenters. The summed E-state index contributed by atoms with van der Waals surface area (Å²) in [4.78, 5) is 23.6. The summed E-state index contributed by atoms with van der Waals surface area (Å²) in [7, 11) is 0. The zero-order chi connectivity index (χ0) is 12.0. The van der Waals surface area contributed by atoms with Crippen LogP contribution < -0.4 is 0 Å². The third-order valence-corrected chi connectivity index (χ3v) is 2.90. The summed E-state index contributed by atoms with van der Waals surface area (Å²) in [6, 6.07) is 0. The lowest BCUT2D eigenvalue weighted by atomic mass is 10.0. The summed E-state index contributed by atoms with van der Waals surface area (Å²) >= 11 is 0. The van der Waals surface area contributed by atoms with Crippen LogP contribution in [-0.4, -0.2) is 35.0 Å². The predicted octanol–water partition coefficient (Wildman–Crippen LogP) is 1.11. The van der Waals surface area contributed by atoms with Gasteiger partial charge in [-0.05, 0) is 18.8 Å².